The van der Waals surface area contributed by atoms with Crippen LogP contribution in [0.3, 0.4) is 0 Å². The molecular weight excluding hydrogens is 263 g/mol. The van der Waals surface area contributed by atoms with Crippen LogP contribution in [-0.4, -0.2) is 55.6 Å². The van der Waals surface area contributed by atoms with E-state index in [1.807, 2.05) is 0 Å². The van der Waals surface area contributed by atoms with Gasteiger partial charge in [0.2, 0.25) is 0 Å². The average molecular weight is 286 g/mol. The van der Waals surface area contributed by atoms with E-state index in [-0.39, 0.29) is 12.3 Å². The summed E-state index contributed by atoms with van der Waals surface area (Å²) in [5.41, 5.74) is 0.0859. The molecule has 2 aliphatic heterocycles. The molecule has 0 radical (unpaired) electrons. The van der Waals surface area contributed by atoms with Gasteiger partial charge in [-0.25, -0.2) is 4.79 Å². The second kappa shape index (κ2) is 7.02. The molecule has 2 heterocycles. The van der Waals surface area contributed by atoms with Gasteiger partial charge in [-0.05, 0) is 25.8 Å². The highest BCUT2D eigenvalue weighted by molar-refractivity contribution is 6.36. The molecule has 0 amide bonds. The molecule has 2 rings (SSSR count). The highest BCUT2D eigenvalue weighted by Crippen LogP contribution is 2.34. The van der Waals surface area contributed by atoms with Gasteiger partial charge in [-0.1, -0.05) is 5.16 Å². The van der Waals surface area contributed by atoms with Crippen molar-refractivity contribution in [3.63, 3.8) is 0 Å². The monoisotopic (exact) mass is 286 g/mol. The Labute approximate surface area is 119 Å². The number of rotatable bonds is 6. The van der Waals surface area contributed by atoms with Gasteiger partial charge in [-0.15, -0.1) is 0 Å². The third-order valence-electron chi connectivity index (χ3n) is 4.14. The molecule has 114 valence electrons. The molecule has 0 aliphatic carbocycles. The number of piperidine rings is 1. The van der Waals surface area contributed by atoms with Gasteiger partial charge in [0.15, 0.2) is 5.71 Å². The zero-order valence-electron chi connectivity index (χ0n) is 12.1. The van der Waals surface area contributed by atoms with Gasteiger partial charge < -0.3 is 14.5 Å². The van der Waals surface area contributed by atoms with E-state index in [4.69, 9.17) is 4.84 Å². The Kier molecular flexibility index (Phi) is 5.34. The van der Waals surface area contributed by atoms with Crippen LogP contribution in [-0.2, 0) is 14.4 Å². The molecule has 0 unspecified atom stereocenters. The Morgan fingerprint density at radius 1 is 1.40 bits per heavy atom. The van der Waals surface area contributed by atoms with E-state index in [1.54, 1.807) is 0 Å². The Bertz CT molecular complexity index is 365. The number of unbranched alkanes of at least 4 members (excludes halogenated alkanes) is 2. The Morgan fingerprint density at radius 3 is 2.80 bits per heavy atom. The molecule has 6 heteroatoms. The molecule has 20 heavy (non-hydrogen) atoms. The predicted molar refractivity (Wildman–Crippen MR) is 73.4 cm³/mol. The summed E-state index contributed by atoms with van der Waals surface area (Å²) in [5, 5.41) is 3.88. The van der Waals surface area contributed by atoms with E-state index in [9.17, 15) is 9.18 Å². The summed E-state index contributed by atoms with van der Waals surface area (Å²) in [6.07, 6.45) is 4.96. The van der Waals surface area contributed by atoms with Gasteiger partial charge in [0.1, 0.15) is 5.60 Å². The zero-order chi connectivity index (χ0) is 14.4. The lowest BCUT2D eigenvalue weighted by atomic mass is 9.87. The van der Waals surface area contributed by atoms with E-state index in [0.717, 1.165) is 45.3 Å². The fourth-order valence-corrected chi connectivity index (χ4v) is 2.81. The van der Waals surface area contributed by atoms with Crippen molar-refractivity contribution in [2.45, 2.75) is 44.1 Å². The number of methoxy groups -OCH3 is 1. The number of carbonyl (C=O) groups is 1. The summed E-state index contributed by atoms with van der Waals surface area (Å²) in [5.74, 6) is -0.393. The van der Waals surface area contributed by atoms with Gasteiger partial charge in [-0.2, -0.15) is 0 Å². The molecule has 1 saturated heterocycles. The molecule has 1 fully saturated rings. The van der Waals surface area contributed by atoms with Crippen LogP contribution in [0.5, 0.6) is 0 Å². The average Bonchev–Trinajstić information content (AvgIpc) is 2.89. The number of nitrogens with zero attached hydrogens (tertiary/aromatic N) is 2. The summed E-state index contributed by atoms with van der Waals surface area (Å²) in [4.78, 5) is 19.3. The quantitative estimate of drug-likeness (QED) is 0.553. The van der Waals surface area contributed by atoms with Crippen molar-refractivity contribution in [2.75, 3.05) is 33.4 Å². The lowest BCUT2D eigenvalue weighted by Gasteiger charge is -2.37. The smallest absolute Gasteiger partial charge is 0.355 e. The number of likely N-dealkylation sites (tertiary alicyclic amines) is 1. The Balaban J connectivity index is 1.71. The van der Waals surface area contributed by atoms with Crippen LogP contribution in [0.15, 0.2) is 5.16 Å². The SMILES string of the molecule is COC(=O)C1=NOC2(CCN(CCCCCF)CC2)C1. The maximum absolute atomic E-state index is 12.0. The number of esters is 1. The molecule has 0 aromatic carbocycles. The van der Waals surface area contributed by atoms with Gasteiger partial charge in [0.05, 0.1) is 13.8 Å². The topological polar surface area (TPSA) is 51.1 Å². The van der Waals surface area contributed by atoms with E-state index >= 15 is 0 Å². The largest absolute Gasteiger partial charge is 0.464 e. The minimum absolute atomic E-state index is 0.218. The first kappa shape index (κ1) is 15.2. The van der Waals surface area contributed by atoms with E-state index in [2.05, 4.69) is 14.8 Å². The molecule has 0 saturated carbocycles. The molecule has 2 aliphatic rings. The maximum Gasteiger partial charge on any atom is 0.355 e. The Morgan fingerprint density at radius 2 is 2.15 bits per heavy atom. The van der Waals surface area contributed by atoms with Crippen LogP contribution < -0.4 is 0 Å². The predicted octanol–water partition coefficient (Wildman–Crippen LogP) is 1.91. The minimum Gasteiger partial charge on any atom is -0.464 e. The standard InChI is InChI=1S/C14H23FN2O3/c1-19-13(18)12-11-14(20-16-12)5-9-17(10-6-14)8-4-2-3-7-15/h2-11H2,1H3. The van der Waals surface area contributed by atoms with Gasteiger partial charge >= 0.3 is 5.97 Å². The zero-order valence-corrected chi connectivity index (χ0v) is 12.1. The van der Waals surface area contributed by atoms with Crippen LogP contribution in [0.1, 0.15) is 38.5 Å². The van der Waals surface area contributed by atoms with Crippen molar-refractivity contribution in [3.8, 4) is 0 Å². The number of carbonyl (C=O) groups excluding carboxylic acids is 1. The summed E-state index contributed by atoms with van der Waals surface area (Å²) in [6.45, 7) is 2.69. The maximum atomic E-state index is 12.0. The van der Waals surface area contributed by atoms with Crippen LogP contribution in [0, 0.1) is 0 Å². The second-order valence-corrected chi connectivity index (χ2v) is 5.57. The number of hydrogen-bond acceptors (Lipinski definition) is 5. The summed E-state index contributed by atoms with van der Waals surface area (Å²) in [6, 6.07) is 0. The second-order valence-electron chi connectivity index (χ2n) is 5.57. The van der Waals surface area contributed by atoms with Crippen molar-refractivity contribution in [3.05, 3.63) is 0 Å². The summed E-state index contributed by atoms with van der Waals surface area (Å²) in [7, 11) is 1.36. The van der Waals surface area contributed by atoms with Gasteiger partial charge in [-0.3, -0.25) is 4.39 Å². The van der Waals surface area contributed by atoms with Crippen molar-refractivity contribution < 1.29 is 18.8 Å². The molecule has 0 N–H and O–H groups in total. The molecule has 1 spiro atoms. The van der Waals surface area contributed by atoms with E-state index in [0.29, 0.717) is 18.6 Å². The van der Waals surface area contributed by atoms with Gasteiger partial charge in [0.25, 0.3) is 0 Å². The molecule has 0 aromatic heterocycles. The number of halogens is 1. The molecule has 5 nitrogen and oxygen atoms in total. The van der Waals surface area contributed by atoms with Crippen LogP contribution in [0.4, 0.5) is 4.39 Å². The van der Waals surface area contributed by atoms with Crippen LogP contribution >= 0.6 is 0 Å². The van der Waals surface area contributed by atoms with Crippen molar-refractivity contribution in [1.29, 1.82) is 0 Å². The van der Waals surface area contributed by atoms with Gasteiger partial charge in [0, 0.05) is 32.4 Å². The Hall–Kier alpha value is -1.17. The number of oxime groups is 1. The first-order chi connectivity index (χ1) is 9.69. The number of ether oxygens (including phenoxy) is 1. The first-order valence-electron chi connectivity index (χ1n) is 7.31. The van der Waals surface area contributed by atoms with Crippen molar-refractivity contribution in [1.82, 2.24) is 4.90 Å². The fraction of sp³-hybridized carbons (Fsp3) is 0.857. The molecular formula is C14H23FN2O3. The van der Waals surface area contributed by atoms with E-state index in [1.165, 1.54) is 7.11 Å². The number of alkyl halides is 1. The molecule has 0 bridgehead atoms. The summed E-state index contributed by atoms with van der Waals surface area (Å²) >= 11 is 0. The fourth-order valence-electron chi connectivity index (χ4n) is 2.81. The minimum atomic E-state index is -0.393. The third kappa shape index (κ3) is 3.69. The molecule has 0 atom stereocenters. The highest BCUT2D eigenvalue weighted by atomic mass is 19.1. The third-order valence-corrected chi connectivity index (χ3v) is 4.14. The highest BCUT2D eigenvalue weighted by Gasteiger charge is 2.43. The van der Waals surface area contributed by atoms with Crippen molar-refractivity contribution in [2.24, 2.45) is 5.16 Å². The van der Waals surface area contributed by atoms with Crippen LogP contribution in [0.2, 0.25) is 0 Å². The first-order valence-corrected chi connectivity index (χ1v) is 7.31. The van der Waals surface area contributed by atoms with Crippen molar-refractivity contribution >= 4 is 11.7 Å². The lowest BCUT2D eigenvalue weighted by molar-refractivity contribution is -0.132. The summed E-state index contributed by atoms with van der Waals surface area (Å²) < 4.78 is 16.7. The number of hydrogen-bond donors (Lipinski definition) is 0. The van der Waals surface area contributed by atoms with E-state index < -0.39 is 5.97 Å². The normalized spacial score (nSPS) is 21.6. The van der Waals surface area contributed by atoms with Crippen LogP contribution in [0.25, 0.3) is 0 Å². The molecule has 0 aromatic rings. The lowest BCUT2D eigenvalue weighted by Crippen LogP contribution is -2.45.